The Labute approximate surface area is 268 Å². The number of aliphatic hydroxyl groups excluding tert-OH is 1. The van der Waals surface area contributed by atoms with Crippen LogP contribution >= 0.6 is 11.6 Å². The summed E-state index contributed by atoms with van der Waals surface area (Å²) < 4.78 is 21.7. The normalized spacial score (nSPS) is 19.6. The lowest BCUT2D eigenvalue weighted by atomic mass is 9.93. The molecule has 2 fully saturated rings. The van der Waals surface area contributed by atoms with Crippen LogP contribution < -0.4 is 5.32 Å². The third-order valence-corrected chi connectivity index (χ3v) is 8.66. The molecule has 0 radical (unpaired) electrons. The molecule has 1 amide bonds. The number of carbonyl (C=O) groups is 1. The largest absolute Gasteiger partial charge is 0.444 e. The number of hydrogen-bond donors (Lipinski definition) is 2. The molecule has 4 aromatic rings. The summed E-state index contributed by atoms with van der Waals surface area (Å²) in [4.78, 5) is 26.0. The first-order valence-electron chi connectivity index (χ1n) is 15.6. The number of halogens is 2. The number of nitrogens with one attached hydrogen (secondary N) is 1. The monoisotopic (exact) mass is 634 g/mol. The van der Waals surface area contributed by atoms with Gasteiger partial charge in [0.1, 0.15) is 17.1 Å². The Morgan fingerprint density at radius 2 is 1.78 bits per heavy atom. The van der Waals surface area contributed by atoms with Crippen LogP contribution in [0.15, 0.2) is 54.9 Å². The van der Waals surface area contributed by atoms with Gasteiger partial charge in [-0.3, -0.25) is 4.90 Å². The van der Waals surface area contributed by atoms with Crippen LogP contribution in [0.2, 0.25) is 5.02 Å². The highest BCUT2D eigenvalue weighted by molar-refractivity contribution is 6.30. The van der Waals surface area contributed by atoms with Gasteiger partial charge < -0.3 is 24.6 Å². The second kappa shape index (κ2) is 12.9. The van der Waals surface area contributed by atoms with Crippen molar-refractivity contribution >= 4 is 40.4 Å². The maximum absolute atomic E-state index is 14.0. The van der Waals surface area contributed by atoms with Gasteiger partial charge in [-0.1, -0.05) is 35.9 Å². The molecule has 238 valence electrons. The lowest BCUT2D eigenvalue weighted by Crippen LogP contribution is -2.49. The van der Waals surface area contributed by atoms with E-state index in [2.05, 4.69) is 50.2 Å². The number of amides is 1. The van der Waals surface area contributed by atoms with Crippen LogP contribution in [-0.2, 0) is 11.3 Å². The SMILES string of the molecule is CC(C)(C)OC(=O)N1CCN(Cc2ccc(-c3cn(C4CCC(O)CC4)c4nc(Nc5cc(F)cc(Cl)c5)ncc34)cc2)CC1. The molecule has 1 aliphatic carbocycles. The fourth-order valence-electron chi connectivity index (χ4n) is 6.15. The highest BCUT2D eigenvalue weighted by Crippen LogP contribution is 2.37. The van der Waals surface area contributed by atoms with Crippen molar-refractivity contribution in [3.63, 3.8) is 0 Å². The number of rotatable bonds is 6. The average Bonchev–Trinajstić information content (AvgIpc) is 3.36. The Morgan fingerprint density at radius 1 is 1.07 bits per heavy atom. The number of piperazine rings is 1. The van der Waals surface area contributed by atoms with Gasteiger partial charge in [0.25, 0.3) is 0 Å². The van der Waals surface area contributed by atoms with E-state index in [0.29, 0.717) is 24.7 Å². The number of ether oxygens (including phenoxy) is 1. The zero-order valence-electron chi connectivity index (χ0n) is 26.0. The molecule has 0 spiro atoms. The highest BCUT2D eigenvalue weighted by atomic mass is 35.5. The molecule has 1 saturated carbocycles. The lowest BCUT2D eigenvalue weighted by molar-refractivity contribution is 0.0139. The molecular formula is C34H40ClFN6O3. The van der Waals surface area contributed by atoms with Crippen LogP contribution in [0.1, 0.15) is 58.1 Å². The molecule has 2 aromatic carbocycles. The van der Waals surface area contributed by atoms with Gasteiger partial charge in [-0.05, 0) is 75.8 Å². The van der Waals surface area contributed by atoms with Gasteiger partial charge in [-0.25, -0.2) is 14.2 Å². The van der Waals surface area contributed by atoms with Crippen molar-refractivity contribution in [3.05, 3.63) is 71.3 Å². The first-order valence-corrected chi connectivity index (χ1v) is 16.0. The smallest absolute Gasteiger partial charge is 0.410 e. The number of benzene rings is 2. The Balaban J connectivity index is 1.20. The number of aliphatic hydroxyl groups is 1. The molecule has 2 aliphatic rings. The van der Waals surface area contributed by atoms with Crippen LogP contribution in [0.5, 0.6) is 0 Å². The van der Waals surface area contributed by atoms with Crippen molar-refractivity contribution in [1.29, 1.82) is 0 Å². The molecule has 45 heavy (non-hydrogen) atoms. The Hall–Kier alpha value is -3.73. The molecule has 2 aromatic heterocycles. The number of nitrogens with zero attached hydrogens (tertiary/aromatic N) is 5. The molecule has 6 rings (SSSR count). The number of anilines is 2. The summed E-state index contributed by atoms with van der Waals surface area (Å²) >= 11 is 6.06. The molecule has 1 aliphatic heterocycles. The van der Waals surface area contributed by atoms with Gasteiger partial charge in [-0.15, -0.1) is 0 Å². The minimum absolute atomic E-state index is 0.203. The van der Waals surface area contributed by atoms with Crippen molar-refractivity contribution in [3.8, 4) is 11.1 Å². The minimum Gasteiger partial charge on any atom is -0.444 e. The van der Waals surface area contributed by atoms with Crippen LogP contribution in [0.4, 0.5) is 20.8 Å². The van der Waals surface area contributed by atoms with Crippen LogP contribution in [0.25, 0.3) is 22.2 Å². The summed E-state index contributed by atoms with van der Waals surface area (Å²) in [5.41, 5.74) is 4.07. The van der Waals surface area contributed by atoms with E-state index in [1.165, 1.54) is 17.7 Å². The summed E-state index contributed by atoms with van der Waals surface area (Å²) in [5, 5.41) is 14.4. The minimum atomic E-state index is -0.496. The van der Waals surface area contributed by atoms with E-state index in [1.807, 2.05) is 27.0 Å². The van der Waals surface area contributed by atoms with Crippen molar-refractivity contribution in [1.82, 2.24) is 24.3 Å². The zero-order chi connectivity index (χ0) is 31.7. The number of aromatic nitrogens is 3. The molecule has 0 unspecified atom stereocenters. The summed E-state index contributed by atoms with van der Waals surface area (Å²) in [6.45, 7) is 9.34. The van der Waals surface area contributed by atoms with Crippen LogP contribution in [0, 0.1) is 5.82 Å². The van der Waals surface area contributed by atoms with Gasteiger partial charge in [0, 0.05) is 72.8 Å². The molecule has 0 atom stereocenters. The topological polar surface area (TPSA) is 95.8 Å². The quantitative estimate of drug-likeness (QED) is 0.232. The number of fused-ring (bicyclic) bond motifs is 1. The van der Waals surface area contributed by atoms with Crippen LogP contribution in [-0.4, -0.2) is 73.4 Å². The van der Waals surface area contributed by atoms with E-state index in [9.17, 15) is 14.3 Å². The van der Waals surface area contributed by atoms with Crippen molar-refractivity contribution in [2.24, 2.45) is 0 Å². The van der Waals surface area contributed by atoms with Gasteiger partial charge in [0.05, 0.1) is 6.10 Å². The van der Waals surface area contributed by atoms with E-state index >= 15 is 0 Å². The maximum atomic E-state index is 14.0. The molecule has 0 bridgehead atoms. The maximum Gasteiger partial charge on any atom is 0.410 e. The fraction of sp³-hybridized carbons (Fsp3) is 0.441. The highest BCUT2D eigenvalue weighted by Gasteiger charge is 2.27. The van der Waals surface area contributed by atoms with Gasteiger partial charge in [0.2, 0.25) is 5.95 Å². The second-order valence-corrected chi connectivity index (χ2v) is 13.5. The molecular weight excluding hydrogens is 595 g/mol. The molecule has 1 saturated heterocycles. The lowest BCUT2D eigenvalue weighted by Gasteiger charge is -2.35. The van der Waals surface area contributed by atoms with Crippen LogP contribution in [0.3, 0.4) is 0 Å². The van der Waals surface area contributed by atoms with E-state index in [1.54, 1.807) is 11.0 Å². The summed E-state index contributed by atoms with van der Waals surface area (Å²) in [6, 6.07) is 13.0. The Kier molecular flexibility index (Phi) is 8.99. The van der Waals surface area contributed by atoms with Crippen molar-refractivity contribution in [2.75, 3.05) is 31.5 Å². The average molecular weight is 635 g/mol. The fourth-order valence-corrected chi connectivity index (χ4v) is 6.37. The predicted octanol–water partition coefficient (Wildman–Crippen LogP) is 7.16. The van der Waals surface area contributed by atoms with E-state index in [-0.39, 0.29) is 23.3 Å². The second-order valence-electron chi connectivity index (χ2n) is 13.1. The third-order valence-electron chi connectivity index (χ3n) is 8.44. The summed E-state index contributed by atoms with van der Waals surface area (Å²) in [7, 11) is 0. The molecule has 3 heterocycles. The number of carbonyl (C=O) groups excluding carboxylic acids is 1. The summed E-state index contributed by atoms with van der Waals surface area (Å²) in [5.74, 6) is -0.0861. The van der Waals surface area contributed by atoms with E-state index in [0.717, 1.165) is 67.5 Å². The molecule has 9 nitrogen and oxygen atoms in total. The standard InChI is InChI=1S/C34H40ClFN6O3/c1-34(2,3)45-33(44)41-14-12-40(13-15-41)20-22-4-6-23(7-5-22)30-21-42(27-8-10-28(43)11-9-27)31-29(30)19-37-32(39-31)38-26-17-24(35)16-25(36)18-26/h4-7,16-19,21,27-28,43H,8-15,20H2,1-3H3,(H,37,38,39). The van der Waals surface area contributed by atoms with E-state index in [4.69, 9.17) is 21.3 Å². The van der Waals surface area contributed by atoms with Gasteiger partial charge in [0.15, 0.2) is 0 Å². The first-order chi connectivity index (χ1) is 21.5. The van der Waals surface area contributed by atoms with E-state index < -0.39 is 11.4 Å². The summed E-state index contributed by atoms with van der Waals surface area (Å²) in [6.07, 6.45) is 6.66. The number of hydrogen-bond acceptors (Lipinski definition) is 7. The Bertz CT molecular complexity index is 1630. The first kappa shape index (κ1) is 31.3. The van der Waals surface area contributed by atoms with Crippen molar-refractivity contribution in [2.45, 2.75) is 70.7 Å². The third kappa shape index (κ3) is 7.57. The van der Waals surface area contributed by atoms with Gasteiger partial charge in [-0.2, -0.15) is 4.98 Å². The molecule has 2 N–H and O–H groups in total. The molecule has 11 heteroatoms. The van der Waals surface area contributed by atoms with Gasteiger partial charge >= 0.3 is 6.09 Å². The zero-order valence-corrected chi connectivity index (χ0v) is 26.7. The Morgan fingerprint density at radius 3 is 2.44 bits per heavy atom. The van der Waals surface area contributed by atoms with Crippen molar-refractivity contribution < 1.29 is 19.0 Å². The predicted molar refractivity (Wildman–Crippen MR) is 174 cm³/mol.